The Kier molecular flexibility index (Phi) is 3.37. The van der Waals surface area contributed by atoms with Crippen LogP contribution in [0.2, 0.25) is 0 Å². The minimum absolute atomic E-state index is 0.0777. The van der Waals surface area contributed by atoms with E-state index in [1.165, 1.54) is 0 Å². The van der Waals surface area contributed by atoms with Crippen LogP contribution < -0.4 is 9.47 Å². The predicted octanol–water partition coefficient (Wildman–Crippen LogP) is 2.87. The highest BCUT2D eigenvalue weighted by Crippen LogP contribution is 2.31. The van der Waals surface area contributed by atoms with E-state index in [-0.39, 0.29) is 11.7 Å². The van der Waals surface area contributed by atoms with E-state index in [2.05, 4.69) is 4.98 Å². The minimum atomic E-state index is -0.0777. The second-order valence-electron chi connectivity index (χ2n) is 4.88. The molecule has 3 rings (SSSR count). The number of nitrogens with zero attached hydrogens (tertiary/aromatic N) is 1. The van der Waals surface area contributed by atoms with Gasteiger partial charge in [0, 0.05) is 18.5 Å². The van der Waals surface area contributed by atoms with Crippen LogP contribution in [-0.4, -0.2) is 17.4 Å². The molecule has 4 nitrogen and oxygen atoms in total. The molecule has 1 aliphatic heterocycles. The van der Waals surface area contributed by atoms with Gasteiger partial charge in [0.1, 0.15) is 18.1 Å². The van der Waals surface area contributed by atoms with E-state index in [1.807, 2.05) is 19.1 Å². The van der Waals surface area contributed by atoms with Gasteiger partial charge in [-0.2, -0.15) is 0 Å². The quantitative estimate of drug-likeness (QED) is 0.859. The molecule has 0 aliphatic carbocycles. The molecule has 102 valence electrons. The van der Waals surface area contributed by atoms with Crippen LogP contribution in [0.25, 0.3) is 0 Å². The van der Waals surface area contributed by atoms with Crippen molar-refractivity contribution in [3.63, 3.8) is 0 Å². The Morgan fingerprint density at radius 1 is 1.30 bits per heavy atom. The third-order valence-corrected chi connectivity index (χ3v) is 3.31. The van der Waals surface area contributed by atoms with Crippen molar-refractivity contribution in [1.82, 2.24) is 4.98 Å². The summed E-state index contributed by atoms with van der Waals surface area (Å²) < 4.78 is 11.3. The Bertz CT molecular complexity index is 625. The Morgan fingerprint density at radius 3 is 2.90 bits per heavy atom. The fourth-order valence-corrected chi connectivity index (χ4v) is 2.12. The zero-order valence-electron chi connectivity index (χ0n) is 11.2. The Hall–Kier alpha value is -2.36. The van der Waals surface area contributed by atoms with Gasteiger partial charge < -0.3 is 9.47 Å². The maximum Gasteiger partial charge on any atom is 0.172 e. The number of hydrogen-bond acceptors (Lipinski definition) is 4. The van der Waals surface area contributed by atoms with E-state index in [9.17, 15) is 4.79 Å². The summed E-state index contributed by atoms with van der Waals surface area (Å²) >= 11 is 0. The molecule has 2 aromatic rings. The lowest BCUT2D eigenvalue weighted by Gasteiger charge is -2.21. The standard InChI is InChI=1S/C16H15NO3/c1-11-9-20-15-8-13(2-3-14(15)16(11)18)19-10-12-4-6-17-7-5-12/h2-8,11H,9-10H2,1H3. The van der Waals surface area contributed by atoms with Crippen LogP contribution in [-0.2, 0) is 6.61 Å². The topological polar surface area (TPSA) is 48.4 Å². The number of hydrogen-bond donors (Lipinski definition) is 0. The van der Waals surface area contributed by atoms with Gasteiger partial charge in [-0.05, 0) is 29.8 Å². The van der Waals surface area contributed by atoms with Crippen molar-refractivity contribution in [1.29, 1.82) is 0 Å². The van der Waals surface area contributed by atoms with Crippen molar-refractivity contribution in [3.8, 4) is 11.5 Å². The van der Waals surface area contributed by atoms with Crippen molar-refractivity contribution in [2.24, 2.45) is 5.92 Å². The molecule has 0 N–H and O–H groups in total. The second-order valence-corrected chi connectivity index (χ2v) is 4.88. The molecule has 1 atom stereocenters. The van der Waals surface area contributed by atoms with Gasteiger partial charge in [0.05, 0.1) is 18.1 Å². The van der Waals surface area contributed by atoms with Crippen LogP contribution in [0.1, 0.15) is 22.8 Å². The van der Waals surface area contributed by atoms with E-state index in [1.54, 1.807) is 30.6 Å². The maximum absolute atomic E-state index is 12.0. The summed E-state index contributed by atoms with van der Waals surface area (Å²) in [5, 5.41) is 0. The van der Waals surface area contributed by atoms with Crippen LogP contribution in [0, 0.1) is 5.92 Å². The molecule has 2 heterocycles. The molecule has 0 saturated carbocycles. The number of aromatic nitrogens is 1. The number of benzene rings is 1. The zero-order valence-corrected chi connectivity index (χ0v) is 11.2. The lowest BCUT2D eigenvalue weighted by Crippen LogP contribution is -2.25. The zero-order chi connectivity index (χ0) is 13.9. The lowest BCUT2D eigenvalue weighted by atomic mass is 9.97. The molecule has 0 spiro atoms. The van der Waals surface area contributed by atoms with Crippen molar-refractivity contribution >= 4 is 5.78 Å². The van der Waals surface area contributed by atoms with E-state index in [4.69, 9.17) is 9.47 Å². The largest absolute Gasteiger partial charge is 0.492 e. The highest BCUT2D eigenvalue weighted by atomic mass is 16.5. The third-order valence-electron chi connectivity index (χ3n) is 3.31. The van der Waals surface area contributed by atoms with Crippen LogP contribution in [0.15, 0.2) is 42.7 Å². The molecule has 0 radical (unpaired) electrons. The SMILES string of the molecule is CC1COc2cc(OCc3ccncc3)ccc2C1=O. The number of carbonyl (C=O) groups excluding carboxylic acids is 1. The van der Waals surface area contributed by atoms with E-state index >= 15 is 0 Å². The smallest absolute Gasteiger partial charge is 0.172 e. The fourth-order valence-electron chi connectivity index (χ4n) is 2.12. The van der Waals surface area contributed by atoms with Crippen LogP contribution in [0.5, 0.6) is 11.5 Å². The fraction of sp³-hybridized carbons (Fsp3) is 0.250. The monoisotopic (exact) mass is 269 g/mol. The Balaban J connectivity index is 1.75. The van der Waals surface area contributed by atoms with Gasteiger partial charge in [-0.15, -0.1) is 0 Å². The van der Waals surface area contributed by atoms with Gasteiger partial charge in [-0.1, -0.05) is 6.92 Å². The average Bonchev–Trinajstić information content (AvgIpc) is 2.50. The number of rotatable bonds is 3. The highest BCUT2D eigenvalue weighted by molar-refractivity contribution is 6.01. The van der Waals surface area contributed by atoms with Crippen molar-refractivity contribution in [2.75, 3.05) is 6.61 Å². The van der Waals surface area contributed by atoms with Gasteiger partial charge in [-0.3, -0.25) is 9.78 Å². The second kappa shape index (κ2) is 5.33. The van der Waals surface area contributed by atoms with Gasteiger partial charge >= 0.3 is 0 Å². The highest BCUT2D eigenvalue weighted by Gasteiger charge is 2.25. The van der Waals surface area contributed by atoms with Crippen LogP contribution >= 0.6 is 0 Å². The maximum atomic E-state index is 12.0. The summed E-state index contributed by atoms with van der Waals surface area (Å²) in [6.07, 6.45) is 3.46. The molecule has 20 heavy (non-hydrogen) atoms. The van der Waals surface area contributed by atoms with Gasteiger partial charge in [0.15, 0.2) is 5.78 Å². The summed E-state index contributed by atoms with van der Waals surface area (Å²) in [6.45, 7) is 2.77. The van der Waals surface area contributed by atoms with Gasteiger partial charge in [0.25, 0.3) is 0 Å². The number of Topliss-reactive ketones (excluding diaryl/α,β-unsaturated/α-hetero) is 1. The number of fused-ring (bicyclic) bond motifs is 1. The molecule has 1 unspecified atom stereocenters. The summed E-state index contributed by atoms with van der Waals surface area (Å²) in [4.78, 5) is 15.9. The van der Waals surface area contributed by atoms with Crippen LogP contribution in [0.3, 0.4) is 0 Å². The van der Waals surface area contributed by atoms with Crippen LogP contribution in [0.4, 0.5) is 0 Å². The summed E-state index contributed by atoms with van der Waals surface area (Å²) in [7, 11) is 0. The summed E-state index contributed by atoms with van der Waals surface area (Å²) in [6, 6.07) is 9.16. The predicted molar refractivity (Wildman–Crippen MR) is 74.0 cm³/mol. The summed E-state index contributed by atoms with van der Waals surface area (Å²) in [5.74, 6) is 1.36. The molecule has 0 bridgehead atoms. The molecule has 1 aromatic heterocycles. The normalized spacial score (nSPS) is 17.2. The molecule has 1 aliphatic rings. The molecular weight excluding hydrogens is 254 g/mol. The first-order valence-electron chi connectivity index (χ1n) is 6.57. The number of pyridine rings is 1. The molecule has 0 fully saturated rings. The molecule has 4 heteroatoms. The van der Waals surface area contributed by atoms with E-state index in [0.29, 0.717) is 30.3 Å². The first kappa shape index (κ1) is 12.7. The Labute approximate surface area is 117 Å². The molecule has 0 amide bonds. The number of ketones is 1. The molecule has 0 saturated heterocycles. The van der Waals surface area contributed by atoms with Crippen molar-refractivity contribution in [3.05, 3.63) is 53.9 Å². The lowest BCUT2D eigenvalue weighted by molar-refractivity contribution is 0.0848. The number of ether oxygens (including phenoxy) is 2. The van der Waals surface area contributed by atoms with Gasteiger partial charge in [-0.25, -0.2) is 0 Å². The minimum Gasteiger partial charge on any atom is -0.492 e. The average molecular weight is 269 g/mol. The molecule has 1 aromatic carbocycles. The van der Waals surface area contributed by atoms with Gasteiger partial charge in [0.2, 0.25) is 0 Å². The third kappa shape index (κ3) is 2.50. The summed E-state index contributed by atoms with van der Waals surface area (Å²) in [5.41, 5.74) is 1.68. The van der Waals surface area contributed by atoms with Crippen molar-refractivity contribution < 1.29 is 14.3 Å². The Morgan fingerprint density at radius 2 is 2.10 bits per heavy atom. The van der Waals surface area contributed by atoms with E-state index < -0.39 is 0 Å². The first-order valence-corrected chi connectivity index (χ1v) is 6.57. The molecular formula is C16H15NO3. The van der Waals surface area contributed by atoms with E-state index in [0.717, 1.165) is 5.56 Å². The first-order chi connectivity index (χ1) is 9.74. The number of carbonyl (C=O) groups is 1. The van der Waals surface area contributed by atoms with Crippen molar-refractivity contribution in [2.45, 2.75) is 13.5 Å².